The van der Waals surface area contributed by atoms with Crippen LogP contribution in [0.2, 0.25) is 0 Å². The maximum atomic E-state index is 11.9. The van der Waals surface area contributed by atoms with E-state index in [0.717, 1.165) is 0 Å². The molecular formula is C10H12FN3O. The fraction of sp³-hybridized carbons (Fsp3) is 0.300. The van der Waals surface area contributed by atoms with E-state index < -0.39 is 0 Å². The Hall–Kier alpha value is -1.78. The number of hydrogen-bond acceptors (Lipinski definition) is 4. The number of rotatable bonds is 6. The van der Waals surface area contributed by atoms with Gasteiger partial charge < -0.3 is 5.32 Å². The number of nitrogens with one attached hydrogen (secondary N) is 2. The van der Waals surface area contributed by atoms with Crippen molar-refractivity contribution in [1.82, 2.24) is 0 Å². The number of hydrogen-bond donors (Lipinski definition) is 2. The summed E-state index contributed by atoms with van der Waals surface area (Å²) in [6, 6.07) is 4.80. The highest BCUT2D eigenvalue weighted by atomic mass is 19.1. The van der Waals surface area contributed by atoms with Gasteiger partial charge in [-0.2, -0.15) is 5.11 Å². The molecule has 0 radical (unpaired) electrons. The summed E-state index contributed by atoms with van der Waals surface area (Å²) >= 11 is 0. The minimum absolute atomic E-state index is 0.382. The Bertz CT molecular complexity index is 355. The highest BCUT2D eigenvalue weighted by Gasteiger charge is 2.02. The zero-order valence-corrected chi connectivity index (χ0v) is 8.16. The minimum atomic E-state index is -0.382. The quantitative estimate of drug-likeness (QED) is 0.429. The zero-order chi connectivity index (χ0) is 11.1. The van der Waals surface area contributed by atoms with Crippen LogP contribution in [0.3, 0.4) is 0 Å². The maximum absolute atomic E-state index is 11.9. The molecular weight excluding hydrogens is 197 g/mol. The summed E-state index contributed by atoms with van der Waals surface area (Å²) in [6.07, 6.45) is 1.10. The number of carbonyl (C=O) groups excluding carboxylic acids is 1. The summed E-state index contributed by atoms with van der Waals surface area (Å²) in [7, 11) is 0. The third kappa shape index (κ3) is 3.12. The van der Waals surface area contributed by atoms with Gasteiger partial charge in [-0.05, 0) is 24.6 Å². The lowest BCUT2D eigenvalue weighted by Gasteiger charge is -2.07. The Kier molecular flexibility index (Phi) is 4.40. The molecule has 0 atom stereocenters. The van der Waals surface area contributed by atoms with Crippen LogP contribution >= 0.6 is 0 Å². The summed E-state index contributed by atoms with van der Waals surface area (Å²) in [5.74, 6) is 0. The first-order chi connectivity index (χ1) is 7.31. The van der Waals surface area contributed by atoms with Crippen LogP contribution in [-0.4, -0.2) is 19.5 Å². The van der Waals surface area contributed by atoms with E-state index >= 15 is 0 Å². The molecule has 0 unspecified atom stereocenters. The number of nitrogens with zero attached hydrogens (tertiary/aromatic N) is 1. The highest BCUT2D eigenvalue weighted by Crippen LogP contribution is 2.25. The third-order valence-electron chi connectivity index (χ3n) is 1.90. The van der Waals surface area contributed by atoms with E-state index in [1.807, 2.05) is 0 Å². The number of alkyl halides is 1. The van der Waals surface area contributed by atoms with Crippen LogP contribution in [0.15, 0.2) is 23.3 Å². The summed E-state index contributed by atoms with van der Waals surface area (Å²) in [5, 5.41) is 6.24. The van der Waals surface area contributed by atoms with Crippen LogP contribution in [-0.2, 0) is 0 Å². The summed E-state index contributed by atoms with van der Waals surface area (Å²) in [6.45, 7) is 0.103. The van der Waals surface area contributed by atoms with E-state index in [9.17, 15) is 9.18 Å². The third-order valence-corrected chi connectivity index (χ3v) is 1.90. The van der Waals surface area contributed by atoms with E-state index in [4.69, 9.17) is 5.53 Å². The van der Waals surface area contributed by atoms with Crippen LogP contribution in [0.5, 0.6) is 0 Å². The summed E-state index contributed by atoms with van der Waals surface area (Å²) in [5.41, 5.74) is 8.43. The first kappa shape index (κ1) is 11.3. The van der Waals surface area contributed by atoms with Gasteiger partial charge in [-0.25, -0.2) is 5.53 Å². The lowest BCUT2D eigenvalue weighted by molar-refractivity contribution is 0.112. The van der Waals surface area contributed by atoms with Crippen molar-refractivity contribution >= 4 is 17.7 Å². The molecule has 0 amide bonds. The highest BCUT2D eigenvalue weighted by molar-refractivity contribution is 5.80. The van der Waals surface area contributed by atoms with E-state index in [-0.39, 0.29) is 6.67 Å². The predicted molar refractivity (Wildman–Crippen MR) is 55.7 cm³/mol. The van der Waals surface area contributed by atoms with Crippen LogP contribution in [0.25, 0.3) is 0 Å². The molecule has 0 aliphatic heterocycles. The molecule has 0 fully saturated rings. The van der Waals surface area contributed by atoms with E-state index in [2.05, 4.69) is 10.4 Å². The molecule has 1 aromatic rings. The van der Waals surface area contributed by atoms with Crippen LogP contribution < -0.4 is 5.32 Å². The summed E-state index contributed by atoms with van der Waals surface area (Å²) in [4.78, 5) is 10.5. The van der Waals surface area contributed by atoms with Gasteiger partial charge in [0.25, 0.3) is 0 Å². The fourth-order valence-electron chi connectivity index (χ4n) is 1.15. The van der Waals surface area contributed by atoms with Crippen molar-refractivity contribution in [2.45, 2.75) is 6.42 Å². The first-order valence-electron chi connectivity index (χ1n) is 4.58. The molecule has 0 heterocycles. The van der Waals surface area contributed by atoms with Gasteiger partial charge in [0, 0.05) is 12.1 Å². The molecule has 0 saturated heterocycles. The Balaban J connectivity index is 2.78. The van der Waals surface area contributed by atoms with Crippen molar-refractivity contribution in [2.75, 3.05) is 18.5 Å². The molecule has 0 aliphatic rings. The molecule has 2 N–H and O–H groups in total. The smallest absolute Gasteiger partial charge is 0.150 e. The van der Waals surface area contributed by atoms with Gasteiger partial charge in [0.2, 0.25) is 0 Å². The van der Waals surface area contributed by atoms with Crippen molar-refractivity contribution < 1.29 is 9.18 Å². The maximum Gasteiger partial charge on any atom is 0.150 e. The SMILES string of the molecule is N=Nc1cc(C=O)ccc1NCCCF. The molecule has 1 aromatic carbocycles. The Morgan fingerprint density at radius 2 is 2.33 bits per heavy atom. The molecule has 4 nitrogen and oxygen atoms in total. The number of anilines is 1. The minimum Gasteiger partial charge on any atom is -0.383 e. The van der Waals surface area contributed by atoms with Gasteiger partial charge in [0.05, 0.1) is 12.4 Å². The molecule has 5 heteroatoms. The van der Waals surface area contributed by atoms with Crippen molar-refractivity contribution in [2.24, 2.45) is 5.11 Å². The Morgan fingerprint density at radius 1 is 1.53 bits per heavy atom. The van der Waals surface area contributed by atoms with E-state index in [0.29, 0.717) is 36.2 Å². The van der Waals surface area contributed by atoms with Crippen molar-refractivity contribution in [3.63, 3.8) is 0 Å². The second kappa shape index (κ2) is 5.85. The van der Waals surface area contributed by atoms with E-state index in [1.54, 1.807) is 12.1 Å². The standard InChI is InChI=1S/C10H12FN3O/c11-4-1-5-13-9-3-2-8(7-15)6-10(9)14-12/h2-3,6-7,12-13H,1,4-5H2. The van der Waals surface area contributed by atoms with Gasteiger partial charge in [0.1, 0.15) is 12.0 Å². The monoisotopic (exact) mass is 209 g/mol. The second-order valence-electron chi connectivity index (χ2n) is 2.98. The molecule has 1 rings (SSSR count). The molecule has 15 heavy (non-hydrogen) atoms. The number of carbonyl (C=O) groups is 1. The Labute approximate surface area is 87.0 Å². The van der Waals surface area contributed by atoms with Crippen molar-refractivity contribution in [3.05, 3.63) is 23.8 Å². The molecule has 0 spiro atoms. The normalized spacial score (nSPS) is 9.67. The number of aldehydes is 1. The van der Waals surface area contributed by atoms with Gasteiger partial charge in [0.15, 0.2) is 0 Å². The van der Waals surface area contributed by atoms with Crippen LogP contribution in [0.1, 0.15) is 16.8 Å². The molecule has 0 bridgehead atoms. The van der Waals surface area contributed by atoms with Gasteiger partial charge >= 0.3 is 0 Å². The molecule has 0 aliphatic carbocycles. The predicted octanol–water partition coefficient (Wildman–Crippen LogP) is 2.93. The first-order valence-corrected chi connectivity index (χ1v) is 4.58. The average Bonchev–Trinajstić information content (AvgIpc) is 2.29. The zero-order valence-electron chi connectivity index (χ0n) is 8.16. The van der Waals surface area contributed by atoms with Gasteiger partial charge in [-0.1, -0.05) is 0 Å². The van der Waals surface area contributed by atoms with Crippen LogP contribution in [0.4, 0.5) is 15.8 Å². The number of benzene rings is 1. The van der Waals surface area contributed by atoms with Gasteiger partial charge in [-0.15, -0.1) is 0 Å². The van der Waals surface area contributed by atoms with Gasteiger partial charge in [-0.3, -0.25) is 9.18 Å². The molecule has 80 valence electrons. The van der Waals surface area contributed by atoms with E-state index in [1.165, 1.54) is 6.07 Å². The Morgan fingerprint density at radius 3 is 2.93 bits per heavy atom. The fourth-order valence-corrected chi connectivity index (χ4v) is 1.15. The second-order valence-corrected chi connectivity index (χ2v) is 2.98. The van der Waals surface area contributed by atoms with Crippen LogP contribution in [0, 0.1) is 5.53 Å². The lowest BCUT2D eigenvalue weighted by Crippen LogP contribution is -2.02. The largest absolute Gasteiger partial charge is 0.383 e. The lowest BCUT2D eigenvalue weighted by atomic mass is 10.2. The molecule has 0 saturated carbocycles. The van der Waals surface area contributed by atoms with Crippen molar-refractivity contribution in [3.8, 4) is 0 Å². The average molecular weight is 209 g/mol. The topological polar surface area (TPSA) is 65.3 Å². The number of halogens is 1. The molecule has 0 aromatic heterocycles. The summed E-state index contributed by atoms with van der Waals surface area (Å²) < 4.78 is 11.9. The van der Waals surface area contributed by atoms with Crippen molar-refractivity contribution in [1.29, 1.82) is 5.53 Å².